The van der Waals surface area contributed by atoms with E-state index in [-0.39, 0.29) is 24.0 Å². The summed E-state index contributed by atoms with van der Waals surface area (Å²) in [5.74, 6) is 0.0841. The van der Waals surface area contributed by atoms with E-state index in [1.54, 1.807) is 6.26 Å². The molecule has 5 nitrogen and oxygen atoms in total. The van der Waals surface area contributed by atoms with Gasteiger partial charge in [0.05, 0.1) is 30.9 Å². The zero-order chi connectivity index (χ0) is 17.6. The standard InChI is InChI=1S/C20H25NO4/c1-12-8-15-16(10-25-19(15)9-13(12)2)20(23)21-6-7-24-11-17(21)14-4-3-5-18(14)22/h8-10,14,17-18,22H,3-7,11H2,1-2H3. The van der Waals surface area contributed by atoms with Crippen LogP contribution in [0.15, 0.2) is 22.8 Å². The lowest BCUT2D eigenvalue weighted by Gasteiger charge is -2.40. The van der Waals surface area contributed by atoms with E-state index < -0.39 is 0 Å². The first-order valence-electron chi connectivity index (χ1n) is 9.11. The number of aryl methyl sites for hydroxylation is 2. The minimum atomic E-state index is -0.340. The van der Waals surface area contributed by atoms with Crippen molar-refractivity contribution in [2.75, 3.05) is 19.8 Å². The van der Waals surface area contributed by atoms with Crippen molar-refractivity contribution in [3.63, 3.8) is 0 Å². The van der Waals surface area contributed by atoms with Gasteiger partial charge in [0.1, 0.15) is 11.8 Å². The largest absolute Gasteiger partial charge is 0.463 e. The number of carbonyl (C=O) groups is 1. The average Bonchev–Trinajstić information content (AvgIpc) is 3.21. The minimum Gasteiger partial charge on any atom is -0.463 e. The topological polar surface area (TPSA) is 62.9 Å². The summed E-state index contributed by atoms with van der Waals surface area (Å²) in [4.78, 5) is 15.2. The molecule has 1 aliphatic heterocycles. The normalized spacial score (nSPS) is 27.2. The van der Waals surface area contributed by atoms with Crippen LogP contribution in [-0.4, -0.2) is 47.8 Å². The Morgan fingerprint density at radius 1 is 1.24 bits per heavy atom. The number of furan rings is 1. The van der Waals surface area contributed by atoms with E-state index in [2.05, 4.69) is 0 Å². The second-order valence-electron chi connectivity index (χ2n) is 7.38. The lowest BCUT2D eigenvalue weighted by molar-refractivity contribution is -0.0383. The summed E-state index contributed by atoms with van der Waals surface area (Å²) in [6.07, 6.45) is 4.01. The molecular formula is C20H25NO4. The number of benzene rings is 1. The van der Waals surface area contributed by atoms with Gasteiger partial charge < -0.3 is 19.2 Å². The monoisotopic (exact) mass is 343 g/mol. The van der Waals surface area contributed by atoms with Gasteiger partial charge in [0.15, 0.2) is 0 Å². The van der Waals surface area contributed by atoms with Crippen LogP contribution in [0.25, 0.3) is 11.0 Å². The van der Waals surface area contributed by atoms with E-state index >= 15 is 0 Å². The van der Waals surface area contributed by atoms with Crippen LogP contribution < -0.4 is 0 Å². The second-order valence-corrected chi connectivity index (χ2v) is 7.38. The van der Waals surface area contributed by atoms with Gasteiger partial charge in [-0.15, -0.1) is 0 Å². The third kappa shape index (κ3) is 2.85. The molecule has 1 aromatic heterocycles. The van der Waals surface area contributed by atoms with E-state index in [0.29, 0.717) is 25.3 Å². The van der Waals surface area contributed by atoms with E-state index in [4.69, 9.17) is 9.15 Å². The van der Waals surface area contributed by atoms with Crippen LogP contribution >= 0.6 is 0 Å². The molecule has 1 amide bonds. The maximum Gasteiger partial charge on any atom is 0.258 e. The van der Waals surface area contributed by atoms with Crippen LogP contribution in [0.3, 0.4) is 0 Å². The number of amides is 1. The first kappa shape index (κ1) is 16.6. The number of rotatable bonds is 2. The van der Waals surface area contributed by atoms with Gasteiger partial charge in [-0.25, -0.2) is 0 Å². The fourth-order valence-corrected chi connectivity index (χ4v) is 4.25. The molecule has 0 bridgehead atoms. The molecule has 1 aliphatic carbocycles. The summed E-state index contributed by atoms with van der Waals surface area (Å²) in [6.45, 7) is 5.69. The number of hydrogen-bond donors (Lipinski definition) is 1. The van der Waals surface area contributed by atoms with Crippen molar-refractivity contribution in [1.82, 2.24) is 4.90 Å². The summed E-state index contributed by atoms with van der Waals surface area (Å²) in [7, 11) is 0. The third-order valence-corrected chi connectivity index (χ3v) is 5.87. The van der Waals surface area contributed by atoms with Gasteiger partial charge in [0.2, 0.25) is 0 Å². The zero-order valence-electron chi connectivity index (χ0n) is 14.8. The highest BCUT2D eigenvalue weighted by atomic mass is 16.5. The maximum atomic E-state index is 13.3. The van der Waals surface area contributed by atoms with Crippen LogP contribution in [0.4, 0.5) is 0 Å². The molecule has 2 heterocycles. The van der Waals surface area contributed by atoms with Crippen molar-refractivity contribution < 1.29 is 19.1 Å². The molecule has 0 spiro atoms. The molecule has 3 atom stereocenters. The SMILES string of the molecule is Cc1cc2occ(C(=O)N3CCOCC3C3CCCC3O)c2cc1C. The van der Waals surface area contributed by atoms with Crippen molar-refractivity contribution in [2.24, 2.45) is 5.92 Å². The van der Waals surface area contributed by atoms with E-state index in [1.807, 2.05) is 30.9 Å². The lowest BCUT2D eigenvalue weighted by Crippen LogP contribution is -2.53. The van der Waals surface area contributed by atoms with Crippen molar-refractivity contribution in [3.8, 4) is 0 Å². The molecule has 0 radical (unpaired) electrons. The Balaban J connectivity index is 1.68. The number of ether oxygens (including phenoxy) is 1. The number of fused-ring (bicyclic) bond motifs is 1. The van der Waals surface area contributed by atoms with Crippen LogP contribution in [0.5, 0.6) is 0 Å². The molecule has 1 saturated heterocycles. The molecule has 2 aliphatic rings. The number of nitrogens with zero attached hydrogens (tertiary/aromatic N) is 1. The molecule has 2 aromatic rings. The Morgan fingerprint density at radius 3 is 2.80 bits per heavy atom. The predicted molar refractivity (Wildman–Crippen MR) is 94.7 cm³/mol. The van der Waals surface area contributed by atoms with Crippen molar-refractivity contribution >= 4 is 16.9 Å². The van der Waals surface area contributed by atoms with Crippen LogP contribution in [0.1, 0.15) is 40.7 Å². The fourth-order valence-electron chi connectivity index (χ4n) is 4.25. The van der Waals surface area contributed by atoms with E-state index in [9.17, 15) is 9.90 Å². The Morgan fingerprint density at radius 2 is 2.04 bits per heavy atom. The molecule has 1 saturated carbocycles. The van der Waals surface area contributed by atoms with Crippen LogP contribution in [0.2, 0.25) is 0 Å². The summed E-state index contributed by atoms with van der Waals surface area (Å²) in [5.41, 5.74) is 3.65. The second kappa shape index (κ2) is 6.46. The Bertz CT molecular complexity index is 796. The van der Waals surface area contributed by atoms with Gasteiger partial charge in [-0.1, -0.05) is 6.42 Å². The zero-order valence-corrected chi connectivity index (χ0v) is 14.8. The highest BCUT2D eigenvalue weighted by molar-refractivity contribution is 6.06. The predicted octanol–water partition coefficient (Wildman–Crippen LogP) is 3.05. The summed E-state index contributed by atoms with van der Waals surface area (Å²) in [5, 5.41) is 11.2. The molecule has 25 heavy (non-hydrogen) atoms. The van der Waals surface area contributed by atoms with E-state index in [1.165, 1.54) is 0 Å². The molecule has 1 aromatic carbocycles. The Kier molecular flexibility index (Phi) is 4.29. The average molecular weight is 343 g/mol. The molecule has 1 N–H and O–H groups in total. The molecule has 134 valence electrons. The summed E-state index contributed by atoms with van der Waals surface area (Å²) in [6, 6.07) is 3.95. The summed E-state index contributed by atoms with van der Waals surface area (Å²) < 4.78 is 11.3. The van der Waals surface area contributed by atoms with Crippen LogP contribution in [-0.2, 0) is 4.74 Å². The highest BCUT2D eigenvalue weighted by Crippen LogP contribution is 2.34. The van der Waals surface area contributed by atoms with Crippen LogP contribution in [0, 0.1) is 19.8 Å². The maximum absolute atomic E-state index is 13.3. The summed E-state index contributed by atoms with van der Waals surface area (Å²) >= 11 is 0. The number of aliphatic hydroxyl groups is 1. The number of aliphatic hydroxyl groups excluding tert-OH is 1. The smallest absolute Gasteiger partial charge is 0.258 e. The van der Waals surface area contributed by atoms with Crippen molar-refractivity contribution in [2.45, 2.75) is 45.3 Å². The van der Waals surface area contributed by atoms with Gasteiger partial charge in [-0.05, 0) is 49.9 Å². The molecular weight excluding hydrogens is 318 g/mol. The fraction of sp³-hybridized carbons (Fsp3) is 0.550. The first-order valence-corrected chi connectivity index (χ1v) is 9.11. The first-order chi connectivity index (χ1) is 12.1. The highest BCUT2D eigenvalue weighted by Gasteiger charge is 2.40. The number of morpholine rings is 1. The van der Waals surface area contributed by atoms with Gasteiger partial charge >= 0.3 is 0 Å². The third-order valence-electron chi connectivity index (χ3n) is 5.87. The number of carbonyl (C=O) groups excluding carboxylic acids is 1. The van der Waals surface area contributed by atoms with Gasteiger partial charge in [-0.3, -0.25) is 4.79 Å². The van der Waals surface area contributed by atoms with Crippen molar-refractivity contribution in [1.29, 1.82) is 0 Å². The van der Waals surface area contributed by atoms with Gasteiger partial charge in [0.25, 0.3) is 5.91 Å². The Hall–Kier alpha value is -1.85. The lowest BCUT2D eigenvalue weighted by atomic mass is 9.93. The molecule has 3 unspecified atom stereocenters. The molecule has 5 heteroatoms. The molecule has 4 rings (SSSR count). The minimum absolute atomic E-state index is 0.0191. The quantitative estimate of drug-likeness (QED) is 0.910. The van der Waals surface area contributed by atoms with Crippen molar-refractivity contribution in [3.05, 3.63) is 35.1 Å². The molecule has 2 fully saturated rings. The Labute approximate surface area is 147 Å². The van der Waals surface area contributed by atoms with Gasteiger partial charge in [-0.2, -0.15) is 0 Å². The van der Waals surface area contributed by atoms with Gasteiger partial charge in [0, 0.05) is 17.8 Å². The number of hydrogen-bond acceptors (Lipinski definition) is 4. The van der Waals surface area contributed by atoms with E-state index in [0.717, 1.165) is 41.4 Å².